The van der Waals surface area contributed by atoms with Crippen LogP contribution in [-0.4, -0.2) is 25.1 Å². The number of nitrogens with one attached hydrogen (secondary N) is 1. The van der Waals surface area contributed by atoms with Crippen molar-refractivity contribution in [3.63, 3.8) is 0 Å². The van der Waals surface area contributed by atoms with E-state index in [-0.39, 0.29) is 19.1 Å². The molecule has 0 bridgehead atoms. The molecule has 0 spiro atoms. The van der Waals surface area contributed by atoms with E-state index in [0.29, 0.717) is 12.2 Å². The summed E-state index contributed by atoms with van der Waals surface area (Å²) in [6.45, 7) is 2.40. The minimum atomic E-state index is -0.405. The molecule has 0 unspecified atom stereocenters. The van der Waals surface area contributed by atoms with Crippen molar-refractivity contribution in [3.8, 4) is 0 Å². The lowest BCUT2D eigenvalue weighted by molar-refractivity contribution is -0.150. The first-order valence-electron chi connectivity index (χ1n) is 7.37. The average molecular weight is 313 g/mol. The van der Waals surface area contributed by atoms with Crippen LogP contribution in [0.5, 0.6) is 0 Å². The van der Waals surface area contributed by atoms with E-state index in [9.17, 15) is 9.59 Å². The van der Waals surface area contributed by atoms with Gasteiger partial charge in [-0.25, -0.2) is 4.79 Å². The Labute approximate surface area is 135 Å². The fourth-order valence-electron chi connectivity index (χ4n) is 1.87. The van der Waals surface area contributed by atoms with Crippen molar-refractivity contribution in [2.75, 3.05) is 18.5 Å². The zero-order valence-corrected chi connectivity index (χ0v) is 13.0. The van der Waals surface area contributed by atoms with E-state index in [1.165, 1.54) is 0 Å². The Morgan fingerprint density at radius 1 is 1.00 bits per heavy atom. The van der Waals surface area contributed by atoms with Crippen LogP contribution in [0.4, 0.5) is 5.69 Å². The molecule has 0 aromatic heterocycles. The number of rotatable bonds is 7. The van der Waals surface area contributed by atoms with Crippen LogP contribution in [-0.2, 0) is 20.9 Å². The van der Waals surface area contributed by atoms with Gasteiger partial charge in [0, 0.05) is 17.9 Å². The maximum atomic E-state index is 12.1. The lowest BCUT2D eigenvalue weighted by Gasteiger charge is -2.07. The summed E-state index contributed by atoms with van der Waals surface area (Å²) in [5.41, 5.74) is 2.09. The molecule has 0 aliphatic carbocycles. The number of carbonyl (C=O) groups excluding carboxylic acids is 2. The lowest BCUT2D eigenvalue weighted by atomic mass is 10.1. The van der Waals surface area contributed by atoms with Crippen molar-refractivity contribution in [1.82, 2.24) is 0 Å². The third-order valence-corrected chi connectivity index (χ3v) is 3.07. The van der Waals surface area contributed by atoms with E-state index in [2.05, 4.69) is 5.32 Å². The predicted molar refractivity (Wildman–Crippen MR) is 87.1 cm³/mol. The van der Waals surface area contributed by atoms with Crippen molar-refractivity contribution < 1.29 is 19.1 Å². The van der Waals surface area contributed by atoms with Gasteiger partial charge in [0.2, 0.25) is 0 Å². The van der Waals surface area contributed by atoms with Crippen molar-refractivity contribution in [2.24, 2.45) is 0 Å². The molecule has 1 N–H and O–H groups in total. The molecule has 5 heteroatoms. The van der Waals surface area contributed by atoms with Gasteiger partial charge in [0.25, 0.3) is 5.91 Å². The van der Waals surface area contributed by atoms with Crippen LogP contribution in [0.25, 0.3) is 0 Å². The third kappa shape index (κ3) is 5.56. The summed E-state index contributed by atoms with van der Waals surface area (Å²) >= 11 is 0. The number of benzene rings is 2. The Morgan fingerprint density at radius 3 is 2.35 bits per heavy atom. The number of anilines is 1. The summed E-state index contributed by atoms with van der Waals surface area (Å²) < 4.78 is 10.0. The first kappa shape index (κ1) is 16.7. The highest BCUT2D eigenvalue weighted by atomic mass is 16.6. The molecule has 2 aromatic carbocycles. The van der Waals surface area contributed by atoms with Gasteiger partial charge in [-0.15, -0.1) is 0 Å². The Balaban J connectivity index is 1.86. The Morgan fingerprint density at radius 2 is 1.70 bits per heavy atom. The maximum Gasteiger partial charge on any atom is 0.332 e. The molecule has 0 saturated heterocycles. The zero-order chi connectivity index (χ0) is 16.5. The molecule has 120 valence electrons. The van der Waals surface area contributed by atoms with Gasteiger partial charge in [-0.05, 0) is 36.8 Å². The van der Waals surface area contributed by atoms with E-state index in [1.807, 2.05) is 37.3 Å². The summed E-state index contributed by atoms with van der Waals surface area (Å²) in [5.74, 6) is -0.589. The van der Waals surface area contributed by atoms with Gasteiger partial charge in [-0.1, -0.05) is 30.3 Å². The number of para-hydroxylation sites is 1. The van der Waals surface area contributed by atoms with Crippen LogP contribution in [0.1, 0.15) is 22.8 Å². The molecule has 0 radical (unpaired) electrons. The van der Waals surface area contributed by atoms with Gasteiger partial charge < -0.3 is 14.8 Å². The molecule has 0 aliphatic heterocycles. The molecule has 1 amide bonds. The number of carbonyl (C=O) groups is 2. The molecule has 23 heavy (non-hydrogen) atoms. The van der Waals surface area contributed by atoms with Crippen LogP contribution in [0, 0.1) is 0 Å². The molecule has 0 aliphatic rings. The van der Waals surface area contributed by atoms with Crippen LogP contribution in [0.2, 0.25) is 0 Å². The summed E-state index contributed by atoms with van der Waals surface area (Å²) in [6.07, 6.45) is 0. The highest BCUT2D eigenvalue weighted by Crippen LogP contribution is 2.10. The molecule has 0 fully saturated rings. The van der Waals surface area contributed by atoms with Gasteiger partial charge in [-0.3, -0.25) is 4.79 Å². The van der Waals surface area contributed by atoms with Crippen molar-refractivity contribution in [2.45, 2.75) is 13.5 Å². The first-order chi connectivity index (χ1) is 11.2. The van der Waals surface area contributed by atoms with Crippen molar-refractivity contribution in [1.29, 1.82) is 0 Å². The van der Waals surface area contributed by atoms with Gasteiger partial charge in [0.15, 0.2) is 0 Å². The number of amides is 1. The Hall–Kier alpha value is -2.66. The fraction of sp³-hybridized carbons (Fsp3) is 0.222. The summed E-state index contributed by atoms with van der Waals surface area (Å²) in [4.78, 5) is 23.4. The summed E-state index contributed by atoms with van der Waals surface area (Å²) in [7, 11) is 0. The van der Waals surface area contributed by atoms with E-state index < -0.39 is 5.97 Å². The lowest BCUT2D eigenvalue weighted by Crippen LogP contribution is -2.13. The maximum absolute atomic E-state index is 12.1. The molecular formula is C18H19NO4. The smallest absolute Gasteiger partial charge is 0.332 e. The largest absolute Gasteiger partial charge is 0.459 e. The second-order valence-electron chi connectivity index (χ2n) is 4.81. The second-order valence-corrected chi connectivity index (χ2v) is 4.81. The SMILES string of the molecule is CCOCC(=O)OCc1ccc(C(=O)Nc2ccccc2)cc1. The minimum absolute atomic E-state index is 0.0476. The summed E-state index contributed by atoms with van der Waals surface area (Å²) in [6, 6.07) is 16.2. The normalized spacial score (nSPS) is 10.1. The zero-order valence-electron chi connectivity index (χ0n) is 13.0. The van der Waals surface area contributed by atoms with Crippen molar-refractivity contribution >= 4 is 17.6 Å². The Bertz CT molecular complexity index is 638. The fourth-order valence-corrected chi connectivity index (χ4v) is 1.87. The quantitative estimate of drug-likeness (QED) is 0.798. The highest BCUT2D eigenvalue weighted by molar-refractivity contribution is 6.04. The molecule has 0 heterocycles. The van der Waals surface area contributed by atoms with E-state index in [1.54, 1.807) is 24.3 Å². The number of hydrogen-bond donors (Lipinski definition) is 1. The highest BCUT2D eigenvalue weighted by Gasteiger charge is 2.07. The molecule has 0 atom stereocenters. The second kappa shape index (κ2) is 8.70. The van der Waals surface area contributed by atoms with Crippen LogP contribution in [0.3, 0.4) is 0 Å². The molecule has 0 saturated carbocycles. The van der Waals surface area contributed by atoms with E-state index in [4.69, 9.17) is 9.47 Å². The standard InChI is InChI=1S/C18H19NO4/c1-2-22-13-17(20)23-12-14-8-10-15(11-9-14)18(21)19-16-6-4-3-5-7-16/h3-11H,2,12-13H2,1H3,(H,19,21). The van der Waals surface area contributed by atoms with E-state index in [0.717, 1.165) is 11.3 Å². The van der Waals surface area contributed by atoms with Gasteiger partial charge >= 0.3 is 5.97 Å². The monoisotopic (exact) mass is 313 g/mol. The minimum Gasteiger partial charge on any atom is -0.459 e. The predicted octanol–water partition coefficient (Wildman–Crippen LogP) is 3.02. The third-order valence-electron chi connectivity index (χ3n) is 3.07. The first-order valence-corrected chi connectivity index (χ1v) is 7.37. The molecule has 5 nitrogen and oxygen atoms in total. The van der Waals surface area contributed by atoms with Crippen LogP contribution >= 0.6 is 0 Å². The molecule has 2 aromatic rings. The molecule has 2 rings (SSSR count). The number of ether oxygens (including phenoxy) is 2. The topological polar surface area (TPSA) is 64.6 Å². The number of hydrogen-bond acceptors (Lipinski definition) is 4. The van der Waals surface area contributed by atoms with Crippen LogP contribution in [0.15, 0.2) is 54.6 Å². The van der Waals surface area contributed by atoms with Gasteiger partial charge in [0.1, 0.15) is 13.2 Å². The summed E-state index contributed by atoms with van der Waals surface area (Å²) in [5, 5.41) is 2.81. The molecular weight excluding hydrogens is 294 g/mol. The van der Waals surface area contributed by atoms with Gasteiger partial charge in [0.05, 0.1) is 0 Å². The average Bonchev–Trinajstić information content (AvgIpc) is 2.59. The Kier molecular flexibility index (Phi) is 6.32. The number of esters is 1. The van der Waals surface area contributed by atoms with Gasteiger partial charge in [-0.2, -0.15) is 0 Å². The van der Waals surface area contributed by atoms with Crippen LogP contribution < -0.4 is 5.32 Å². The van der Waals surface area contributed by atoms with E-state index >= 15 is 0 Å². The van der Waals surface area contributed by atoms with Crippen molar-refractivity contribution in [3.05, 3.63) is 65.7 Å².